The van der Waals surface area contributed by atoms with E-state index in [4.69, 9.17) is 0 Å². The molecule has 8 nitrogen and oxygen atoms in total. The van der Waals surface area contributed by atoms with Crippen molar-refractivity contribution in [2.75, 3.05) is 12.4 Å². The Hall–Kier alpha value is -2.78. The monoisotopic (exact) mass is 424 g/mol. The molecule has 0 saturated heterocycles. The van der Waals surface area contributed by atoms with Crippen LogP contribution in [-0.4, -0.2) is 46.9 Å². The van der Waals surface area contributed by atoms with Gasteiger partial charge in [-0.05, 0) is 44.4 Å². The van der Waals surface area contributed by atoms with Crippen LogP contribution in [0.25, 0.3) is 16.9 Å². The van der Waals surface area contributed by atoms with Gasteiger partial charge in [0.25, 0.3) is 0 Å². The minimum atomic E-state index is 0.595. The quantitative estimate of drug-likeness (QED) is 0.407. The van der Waals surface area contributed by atoms with E-state index in [9.17, 15) is 0 Å². The third-order valence-electron chi connectivity index (χ3n) is 5.34. The molecule has 1 atom stereocenters. The van der Waals surface area contributed by atoms with Crippen LogP contribution in [0.5, 0.6) is 0 Å². The van der Waals surface area contributed by atoms with Crippen molar-refractivity contribution in [1.82, 2.24) is 33.8 Å². The maximum Gasteiger partial charge on any atom is 0.180 e. The number of nitrogens with one attached hydrogen (secondary N) is 2. The van der Waals surface area contributed by atoms with E-state index in [0.29, 0.717) is 6.04 Å². The molecule has 0 aromatic carbocycles. The Morgan fingerprint density at radius 2 is 2.17 bits per heavy atom. The van der Waals surface area contributed by atoms with Crippen molar-refractivity contribution in [3.05, 3.63) is 42.2 Å². The zero-order valence-corrected chi connectivity index (χ0v) is 18.7. The smallest absolute Gasteiger partial charge is 0.180 e. The molecule has 4 heterocycles. The summed E-state index contributed by atoms with van der Waals surface area (Å²) in [5, 5.41) is 11.3. The lowest BCUT2D eigenvalue weighted by molar-refractivity contribution is 0.213. The van der Waals surface area contributed by atoms with Crippen molar-refractivity contribution in [2.45, 2.75) is 52.6 Å². The molecule has 30 heavy (non-hydrogen) atoms. The Morgan fingerprint density at radius 3 is 2.90 bits per heavy atom. The fraction of sp³-hybridized carbons (Fsp3) is 0.429. The lowest BCUT2D eigenvalue weighted by Gasteiger charge is -2.25. The molecular weight excluding hydrogens is 396 g/mol. The molecule has 2 N–H and O–H groups in total. The molecule has 4 aromatic heterocycles. The second-order valence-corrected chi connectivity index (χ2v) is 8.43. The minimum Gasteiger partial charge on any atom is -0.328 e. The number of imidazole rings is 1. The Bertz CT molecular complexity index is 1100. The summed E-state index contributed by atoms with van der Waals surface area (Å²) in [4.78, 5) is 11.7. The largest absolute Gasteiger partial charge is 0.328 e. The Balaban J connectivity index is 1.55. The zero-order valence-electron chi connectivity index (χ0n) is 17.9. The maximum atomic E-state index is 4.68. The molecule has 0 fully saturated rings. The number of hydrogen-bond donors (Lipinski definition) is 2. The number of rotatable bonds is 9. The van der Waals surface area contributed by atoms with E-state index in [-0.39, 0.29) is 0 Å². The van der Waals surface area contributed by atoms with E-state index >= 15 is 0 Å². The first kappa shape index (κ1) is 20.5. The predicted octanol–water partition coefficient (Wildman–Crippen LogP) is 4.64. The zero-order chi connectivity index (χ0) is 21.1. The molecule has 1 unspecified atom stereocenters. The second-order valence-electron chi connectivity index (χ2n) is 7.63. The normalized spacial score (nSPS) is 12.7. The van der Waals surface area contributed by atoms with E-state index < -0.39 is 0 Å². The molecule has 0 radical (unpaired) electrons. The number of aromatic nitrogens is 6. The van der Waals surface area contributed by atoms with Crippen molar-refractivity contribution in [1.29, 1.82) is 0 Å². The first-order chi connectivity index (χ1) is 14.6. The van der Waals surface area contributed by atoms with E-state index in [1.165, 1.54) is 24.4 Å². The number of fused-ring (bicyclic) bond motifs is 1. The van der Waals surface area contributed by atoms with Crippen LogP contribution in [-0.2, 0) is 6.54 Å². The van der Waals surface area contributed by atoms with E-state index in [1.54, 1.807) is 6.20 Å². The third kappa shape index (κ3) is 4.22. The van der Waals surface area contributed by atoms with Crippen LogP contribution < -0.4 is 5.32 Å². The summed E-state index contributed by atoms with van der Waals surface area (Å²) in [5.74, 6) is 0.728. The van der Waals surface area contributed by atoms with Gasteiger partial charge in [-0.1, -0.05) is 20.3 Å². The van der Waals surface area contributed by atoms with Crippen molar-refractivity contribution in [3.63, 3.8) is 0 Å². The maximum absolute atomic E-state index is 4.68. The molecule has 0 aliphatic heterocycles. The highest BCUT2D eigenvalue weighted by Gasteiger charge is 2.16. The van der Waals surface area contributed by atoms with Crippen LogP contribution >= 0.6 is 11.5 Å². The Kier molecular flexibility index (Phi) is 6.10. The fourth-order valence-electron chi connectivity index (χ4n) is 3.81. The van der Waals surface area contributed by atoms with Crippen molar-refractivity contribution >= 4 is 28.0 Å². The summed E-state index contributed by atoms with van der Waals surface area (Å²) < 4.78 is 6.69. The summed E-state index contributed by atoms with van der Waals surface area (Å²) in [6.07, 6.45) is 11.1. The van der Waals surface area contributed by atoms with Gasteiger partial charge in [-0.3, -0.25) is 14.4 Å². The van der Waals surface area contributed by atoms with Crippen LogP contribution in [0.3, 0.4) is 0 Å². The number of nitrogens with zero attached hydrogens (tertiary/aromatic N) is 6. The first-order valence-corrected chi connectivity index (χ1v) is 11.1. The third-order valence-corrected chi connectivity index (χ3v) is 6.08. The van der Waals surface area contributed by atoms with E-state index in [2.05, 4.69) is 61.7 Å². The van der Waals surface area contributed by atoms with Crippen LogP contribution in [0.4, 0.5) is 10.8 Å². The number of hydrogen-bond acceptors (Lipinski definition) is 7. The van der Waals surface area contributed by atoms with Crippen LogP contribution in [0, 0.1) is 6.92 Å². The molecule has 9 heteroatoms. The number of anilines is 2. The highest BCUT2D eigenvalue weighted by atomic mass is 32.1. The molecule has 0 aliphatic carbocycles. The van der Waals surface area contributed by atoms with Gasteiger partial charge in [-0.25, -0.2) is 9.97 Å². The van der Waals surface area contributed by atoms with Crippen LogP contribution in [0.15, 0.2) is 30.9 Å². The molecular formula is C21H28N8S. The number of aryl methyl sites for hydroxylation is 1. The second kappa shape index (κ2) is 8.93. The average Bonchev–Trinajstić information content (AvgIpc) is 3.46. The molecule has 0 aliphatic rings. The van der Waals surface area contributed by atoms with E-state index in [1.807, 2.05) is 29.9 Å². The van der Waals surface area contributed by atoms with Gasteiger partial charge < -0.3 is 5.32 Å². The van der Waals surface area contributed by atoms with Gasteiger partial charge in [0.05, 0.1) is 29.5 Å². The summed E-state index contributed by atoms with van der Waals surface area (Å²) in [6, 6.07) is 2.71. The van der Waals surface area contributed by atoms with Gasteiger partial charge in [0, 0.05) is 30.5 Å². The SMILES string of the molecule is CCCC(CC)N(C)Cc1cc(Nc2nc(C)cn3c(-c4cn[nH]c4)cnc23)sn1. The number of aromatic amines is 1. The van der Waals surface area contributed by atoms with Crippen LogP contribution in [0.2, 0.25) is 0 Å². The highest BCUT2D eigenvalue weighted by Crippen LogP contribution is 2.27. The standard InChI is InChI=1S/C21H28N8S/c1-5-7-17(6-2)28(4)13-16-8-19(30-27-16)26-20-21-22-11-18(15-9-23-24-10-15)29(21)12-14(3)25-20/h8-12,17H,5-7,13H2,1-4H3,(H,23,24)(H,25,26). The topological polar surface area (TPSA) is 87.0 Å². The Labute approximate surface area is 180 Å². The van der Waals surface area contributed by atoms with Crippen molar-refractivity contribution < 1.29 is 0 Å². The molecule has 0 saturated carbocycles. The molecule has 0 amide bonds. The van der Waals surface area contributed by atoms with Crippen molar-refractivity contribution in [2.24, 2.45) is 0 Å². The van der Waals surface area contributed by atoms with Crippen molar-refractivity contribution in [3.8, 4) is 11.3 Å². The van der Waals surface area contributed by atoms with Gasteiger partial charge in [0.1, 0.15) is 5.00 Å². The van der Waals surface area contributed by atoms with Gasteiger partial charge in [-0.2, -0.15) is 9.47 Å². The summed E-state index contributed by atoms with van der Waals surface area (Å²) in [7, 11) is 2.18. The summed E-state index contributed by atoms with van der Waals surface area (Å²) >= 11 is 1.46. The highest BCUT2D eigenvalue weighted by molar-refractivity contribution is 7.10. The number of H-pyrrole nitrogens is 1. The molecule has 4 aromatic rings. The fourth-order valence-corrected chi connectivity index (χ4v) is 4.47. The van der Waals surface area contributed by atoms with Gasteiger partial charge in [0.2, 0.25) is 0 Å². The lowest BCUT2D eigenvalue weighted by atomic mass is 10.1. The molecule has 0 spiro atoms. The lowest BCUT2D eigenvalue weighted by Crippen LogP contribution is -2.30. The van der Waals surface area contributed by atoms with Gasteiger partial charge in [0.15, 0.2) is 11.5 Å². The first-order valence-electron chi connectivity index (χ1n) is 10.4. The minimum absolute atomic E-state index is 0.595. The molecule has 0 bridgehead atoms. The average molecular weight is 425 g/mol. The summed E-state index contributed by atoms with van der Waals surface area (Å²) in [6.45, 7) is 7.32. The Morgan fingerprint density at radius 1 is 1.30 bits per heavy atom. The van der Waals surface area contributed by atoms with E-state index in [0.717, 1.165) is 52.1 Å². The molecule has 4 rings (SSSR count). The van der Waals surface area contributed by atoms with Gasteiger partial charge >= 0.3 is 0 Å². The summed E-state index contributed by atoms with van der Waals surface area (Å²) in [5.41, 5.74) is 4.71. The van der Waals surface area contributed by atoms with Gasteiger partial charge in [-0.15, -0.1) is 0 Å². The predicted molar refractivity (Wildman–Crippen MR) is 121 cm³/mol. The molecule has 158 valence electrons. The van der Waals surface area contributed by atoms with Crippen LogP contribution in [0.1, 0.15) is 44.5 Å².